The van der Waals surface area contributed by atoms with Gasteiger partial charge in [0.1, 0.15) is 5.82 Å². The third-order valence-corrected chi connectivity index (χ3v) is 5.40. The molecule has 2 aromatic carbocycles. The van der Waals surface area contributed by atoms with Crippen LogP contribution in [-0.2, 0) is 16.1 Å². The summed E-state index contributed by atoms with van der Waals surface area (Å²) >= 11 is 0. The maximum Gasteiger partial charge on any atom is 0.309 e. The minimum atomic E-state index is -0.692. The second kappa shape index (κ2) is 10.2. The zero-order valence-electron chi connectivity index (χ0n) is 17.5. The number of nitrogens with one attached hydrogen (secondary N) is 2. The number of halogens is 1. The van der Waals surface area contributed by atoms with E-state index in [1.807, 2.05) is 19.0 Å². The molecule has 0 unspecified atom stereocenters. The molecule has 1 heterocycles. The fraction of sp³-hybridized carbons (Fsp3) is 0.391. The molecule has 2 N–H and O–H groups in total. The van der Waals surface area contributed by atoms with Crippen LogP contribution in [0.2, 0.25) is 0 Å². The summed E-state index contributed by atoms with van der Waals surface area (Å²) in [6.07, 6.45) is 2.27. The van der Waals surface area contributed by atoms with E-state index in [4.69, 9.17) is 0 Å². The minimum Gasteiger partial charge on any atom is -0.378 e. The summed E-state index contributed by atoms with van der Waals surface area (Å²) in [5.74, 6) is -1.69. The van der Waals surface area contributed by atoms with Crippen molar-refractivity contribution in [2.45, 2.75) is 25.4 Å². The van der Waals surface area contributed by atoms with Gasteiger partial charge in [0, 0.05) is 32.9 Å². The van der Waals surface area contributed by atoms with Crippen molar-refractivity contribution in [1.29, 1.82) is 0 Å². The zero-order chi connectivity index (χ0) is 21.5. The molecule has 0 saturated carbocycles. The summed E-state index contributed by atoms with van der Waals surface area (Å²) in [7, 11) is 4.00. The van der Waals surface area contributed by atoms with Gasteiger partial charge in [0.2, 0.25) is 0 Å². The Morgan fingerprint density at radius 2 is 1.57 bits per heavy atom. The number of hydrogen-bond acceptors (Lipinski definition) is 4. The van der Waals surface area contributed by atoms with Gasteiger partial charge in [-0.05, 0) is 61.3 Å². The lowest BCUT2D eigenvalue weighted by atomic mass is 10.0. The van der Waals surface area contributed by atoms with Gasteiger partial charge in [-0.1, -0.05) is 24.3 Å². The van der Waals surface area contributed by atoms with Crippen LogP contribution >= 0.6 is 0 Å². The predicted molar refractivity (Wildman–Crippen MR) is 116 cm³/mol. The Morgan fingerprint density at radius 3 is 2.17 bits per heavy atom. The SMILES string of the molecule is CN(C)c1ccc([C@H](CNC(=O)C(=O)NCc2ccc(F)cc2)N2CCCC2)cc1. The van der Waals surface area contributed by atoms with E-state index in [1.54, 1.807) is 12.1 Å². The van der Waals surface area contributed by atoms with Gasteiger partial charge in [0.15, 0.2) is 0 Å². The quantitative estimate of drug-likeness (QED) is 0.686. The van der Waals surface area contributed by atoms with Crippen molar-refractivity contribution in [3.8, 4) is 0 Å². The topological polar surface area (TPSA) is 64.7 Å². The van der Waals surface area contributed by atoms with Gasteiger partial charge < -0.3 is 15.5 Å². The fourth-order valence-corrected chi connectivity index (χ4v) is 3.64. The highest BCUT2D eigenvalue weighted by molar-refractivity contribution is 6.35. The third-order valence-electron chi connectivity index (χ3n) is 5.40. The Morgan fingerprint density at radius 1 is 0.967 bits per heavy atom. The number of likely N-dealkylation sites (tertiary alicyclic amines) is 1. The summed E-state index contributed by atoms with van der Waals surface area (Å²) in [6, 6.07) is 14.1. The molecule has 1 fully saturated rings. The van der Waals surface area contributed by atoms with E-state index in [-0.39, 0.29) is 18.4 Å². The van der Waals surface area contributed by atoms with Crippen molar-refractivity contribution in [2.75, 3.05) is 38.6 Å². The van der Waals surface area contributed by atoms with Crippen molar-refractivity contribution in [2.24, 2.45) is 0 Å². The van der Waals surface area contributed by atoms with Crippen LogP contribution in [0.1, 0.15) is 30.0 Å². The lowest BCUT2D eigenvalue weighted by Gasteiger charge is -2.28. The minimum absolute atomic E-state index is 0.0255. The second-order valence-corrected chi connectivity index (χ2v) is 7.76. The van der Waals surface area contributed by atoms with Crippen LogP contribution in [0.4, 0.5) is 10.1 Å². The highest BCUT2D eigenvalue weighted by atomic mass is 19.1. The summed E-state index contributed by atoms with van der Waals surface area (Å²) in [6.45, 7) is 2.50. The summed E-state index contributed by atoms with van der Waals surface area (Å²) in [4.78, 5) is 28.9. The number of benzene rings is 2. The van der Waals surface area contributed by atoms with Crippen LogP contribution in [-0.4, -0.2) is 50.4 Å². The third kappa shape index (κ3) is 5.79. The predicted octanol–water partition coefficient (Wildman–Crippen LogP) is 2.46. The molecule has 0 radical (unpaired) electrons. The Kier molecular flexibility index (Phi) is 7.41. The molecule has 1 aliphatic heterocycles. The standard InChI is InChI=1S/C23H29FN4O2/c1-27(2)20-11-7-18(8-12-20)21(28-13-3-4-14-28)16-26-23(30)22(29)25-15-17-5-9-19(24)10-6-17/h5-12,21H,3-4,13-16H2,1-2H3,(H,25,29)(H,26,30)/t21-/m0/s1. The Hall–Kier alpha value is -2.93. The largest absolute Gasteiger partial charge is 0.378 e. The Balaban J connectivity index is 1.58. The van der Waals surface area contributed by atoms with E-state index < -0.39 is 11.8 Å². The molecule has 3 rings (SSSR count). The first-order valence-corrected chi connectivity index (χ1v) is 10.3. The molecule has 6 nitrogen and oxygen atoms in total. The Bertz CT molecular complexity index is 847. The number of carbonyl (C=O) groups is 2. The van der Waals surface area contributed by atoms with E-state index in [9.17, 15) is 14.0 Å². The summed E-state index contributed by atoms with van der Waals surface area (Å²) in [5.41, 5.74) is 2.96. The number of amides is 2. The molecule has 1 saturated heterocycles. The van der Waals surface area contributed by atoms with Crippen molar-refractivity contribution in [1.82, 2.24) is 15.5 Å². The smallest absolute Gasteiger partial charge is 0.309 e. The molecular formula is C23H29FN4O2. The first kappa shape index (κ1) is 21.8. The number of rotatable bonds is 7. The molecule has 1 atom stereocenters. The number of nitrogens with zero attached hydrogens (tertiary/aromatic N) is 2. The molecule has 7 heteroatoms. The highest BCUT2D eigenvalue weighted by Crippen LogP contribution is 2.26. The molecule has 0 aromatic heterocycles. The van der Waals surface area contributed by atoms with E-state index in [2.05, 4.69) is 39.8 Å². The Labute approximate surface area is 177 Å². The normalized spacial score (nSPS) is 14.9. The average molecular weight is 413 g/mol. The number of carbonyl (C=O) groups excluding carboxylic acids is 2. The molecule has 30 heavy (non-hydrogen) atoms. The summed E-state index contributed by atoms with van der Waals surface area (Å²) < 4.78 is 13.0. The van der Waals surface area contributed by atoms with Crippen LogP contribution < -0.4 is 15.5 Å². The van der Waals surface area contributed by atoms with E-state index in [1.165, 1.54) is 12.1 Å². The summed E-state index contributed by atoms with van der Waals surface area (Å²) in [5, 5.41) is 5.36. The van der Waals surface area contributed by atoms with Crippen LogP contribution in [0.3, 0.4) is 0 Å². The highest BCUT2D eigenvalue weighted by Gasteiger charge is 2.25. The van der Waals surface area contributed by atoms with Crippen LogP contribution in [0.5, 0.6) is 0 Å². The van der Waals surface area contributed by atoms with E-state index in [0.29, 0.717) is 6.54 Å². The van der Waals surface area contributed by atoms with Crippen LogP contribution in [0.25, 0.3) is 0 Å². The van der Waals surface area contributed by atoms with Crippen molar-refractivity contribution in [3.05, 3.63) is 65.5 Å². The molecule has 160 valence electrons. The number of anilines is 1. The second-order valence-electron chi connectivity index (χ2n) is 7.76. The molecule has 2 amide bonds. The van der Waals surface area contributed by atoms with E-state index in [0.717, 1.165) is 42.7 Å². The lowest BCUT2D eigenvalue weighted by Crippen LogP contribution is -2.43. The van der Waals surface area contributed by atoms with Gasteiger partial charge in [0.25, 0.3) is 0 Å². The fourth-order valence-electron chi connectivity index (χ4n) is 3.64. The molecule has 1 aliphatic rings. The molecule has 2 aromatic rings. The van der Waals surface area contributed by atoms with Crippen LogP contribution in [0, 0.1) is 5.82 Å². The van der Waals surface area contributed by atoms with Gasteiger partial charge in [-0.25, -0.2) is 4.39 Å². The first-order chi connectivity index (χ1) is 14.4. The maximum atomic E-state index is 13.0. The van der Waals surface area contributed by atoms with Gasteiger partial charge in [-0.2, -0.15) is 0 Å². The monoisotopic (exact) mass is 412 g/mol. The van der Waals surface area contributed by atoms with Gasteiger partial charge in [0.05, 0.1) is 6.04 Å². The van der Waals surface area contributed by atoms with Crippen molar-refractivity contribution < 1.29 is 14.0 Å². The van der Waals surface area contributed by atoms with E-state index >= 15 is 0 Å². The first-order valence-electron chi connectivity index (χ1n) is 10.3. The molecular weight excluding hydrogens is 383 g/mol. The maximum absolute atomic E-state index is 13.0. The lowest BCUT2D eigenvalue weighted by molar-refractivity contribution is -0.139. The van der Waals surface area contributed by atoms with Crippen molar-refractivity contribution >= 4 is 17.5 Å². The van der Waals surface area contributed by atoms with Gasteiger partial charge in [-0.3, -0.25) is 14.5 Å². The van der Waals surface area contributed by atoms with Gasteiger partial charge in [-0.15, -0.1) is 0 Å². The van der Waals surface area contributed by atoms with Crippen LogP contribution in [0.15, 0.2) is 48.5 Å². The molecule has 0 bridgehead atoms. The average Bonchev–Trinajstić information content (AvgIpc) is 3.28. The number of hydrogen-bond donors (Lipinski definition) is 2. The van der Waals surface area contributed by atoms with Crippen molar-refractivity contribution in [3.63, 3.8) is 0 Å². The zero-order valence-corrected chi connectivity index (χ0v) is 17.5. The van der Waals surface area contributed by atoms with Gasteiger partial charge >= 0.3 is 11.8 Å². The molecule has 0 spiro atoms. The molecule has 0 aliphatic carbocycles.